The van der Waals surface area contributed by atoms with E-state index in [4.69, 9.17) is 0 Å². The van der Waals surface area contributed by atoms with Crippen LogP contribution in [0.5, 0.6) is 0 Å². The van der Waals surface area contributed by atoms with Crippen LogP contribution in [-0.2, 0) is 10.0 Å². The second kappa shape index (κ2) is 3.64. The van der Waals surface area contributed by atoms with E-state index in [1.54, 1.807) is 24.3 Å². The standard InChI is InChI=1S/C9H9BrNO2S/c10-7-1-5-9(6-2-7)14(12,13)11-8-3-4-8/h1-2,5-6,11H,3-4H2. The fraction of sp³-hybridized carbons (Fsp3) is 0.222. The van der Waals surface area contributed by atoms with E-state index in [2.05, 4.69) is 20.7 Å². The first-order chi connectivity index (χ1) is 6.58. The quantitative estimate of drug-likeness (QED) is 0.917. The number of nitrogens with one attached hydrogen (secondary N) is 1. The summed E-state index contributed by atoms with van der Waals surface area (Å²) in [5.41, 5.74) is 0. The van der Waals surface area contributed by atoms with E-state index >= 15 is 0 Å². The molecule has 0 aromatic heterocycles. The van der Waals surface area contributed by atoms with E-state index in [0.29, 0.717) is 4.90 Å². The van der Waals surface area contributed by atoms with Gasteiger partial charge in [0, 0.05) is 4.47 Å². The van der Waals surface area contributed by atoms with Crippen LogP contribution in [0.15, 0.2) is 33.6 Å². The number of sulfonamides is 1. The lowest BCUT2D eigenvalue weighted by Crippen LogP contribution is -2.21. The van der Waals surface area contributed by atoms with E-state index in [0.717, 1.165) is 23.4 Å². The van der Waals surface area contributed by atoms with Gasteiger partial charge in [-0.05, 0) is 37.1 Å². The molecule has 0 spiro atoms. The maximum absolute atomic E-state index is 11.6. The summed E-state index contributed by atoms with van der Waals surface area (Å²) in [6.07, 6.45) is 1.74. The van der Waals surface area contributed by atoms with Crippen LogP contribution in [-0.4, -0.2) is 8.42 Å². The average molecular weight is 275 g/mol. The number of rotatable bonds is 3. The topological polar surface area (TPSA) is 46.2 Å². The van der Waals surface area contributed by atoms with Crippen LogP contribution in [0.4, 0.5) is 0 Å². The lowest BCUT2D eigenvalue weighted by molar-refractivity contribution is 0.587. The van der Waals surface area contributed by atoms with Gasteiger partial charge in [0.25, 0.3) is 0 Å². The second-order valence-electron chi connectivity index (χ2n) is 3.16. The molecule has 0 saturated heterocycles. The molecule has 0 unspecified atom stereocenters. The highest BCUT2D eigenvalue weighted by Gasteiger charge is 2.28. The molecule has 1 saturated carbocycles. The summed E-state index contributed by atoms with van der Waals surface area (Å²) >= 11 is 3.25. The summed E-state index contributed by atoms with van der Waals surface area (Å²) in [4.78, 5) is 0.306. The first-order valence-corrected chi connectivity index (χ1v) is 6.49. The first kappa shape index (κ1) is 10.1. The molecule has 1 radical (unpaired) electrons. The Balaban J connectivity index is 2.24. The molecule has 1 aromatic carbocycles. The van der Waals surface area contributed by atoms with Crippen molar-refractivity contribution in [1.29, 1.82) is 0 Å². The minimum atomic E-state index is -3.32. The Morgan fingerprint density at radius 2 is 1.71 bits per heavy atom. The summed E-state index contributed by atoms with van der Waals surface area (Å²) in [7, 11) is -3.32. The molecule has 75 valence electrons. The number of halogens is 1. The van der Waals surface area contributed by atoms with Crippen molar-refractivity contribution in [3.63, 3.8) is 0 Å². The molecular formula is C9H9BrNO2S. The summed E-state index contributed by atoms with van der Waals surface area (Å²) in [6, 6.07) is 7.48. The normalized spacial score (nSPS) is 16.9. The molecule has 1 N–H and O–H groups in total. The monoisotopic (exact) mass is 274 g/mol. The van der Waals surface area contributed by atoms with Gasteiger partial charge in [0.05, 0.1) is 10.9 Å². The Bertz CT molecular complexity index is 423. The molecule has 1 aliphatic rings. The molecule has 5 heteroatoms. The third kappa shape index (κ3) is 2.34. The van der Waals surface area contributed by atoms with Crippen molar-refractivity contribution in [3.8, 4) is 0 Å². The molecule has 0 aliphatic heterocycles. The van der Waals surface area contributed by atoms with Gasteiger partial charge < -0.3 is 0 Å². The smallest absolute Gasteiger partial charge is 0.207 e. The highest BCUT2D eigenvalue weighted by molar-refractivity contribution is 9.10. The SMILES string of the molecule is O=S(=O)(N[C]1CC1)c1ccc(Br)cc1. The van der Waals surface area contributed by atoms with Crippen LogP contribution in [0.3, 0.4) is 0 Å². The molecule has 1 aliphatic carbocycles. The van der Waals surface area contributed by atoms with Gasteiger partial charge in [-0.1, -0.05) is 15.9 Å². The van der Waals surface area contributed by atoms with Crippen molar-refractivity contribution in [2.45, 2.75) is 17.7 Å². The Hall–Kier alpha value is -0.390. The molecule has 0 heterocycles. The Morgan fingerprint density at radius 1 is 1.14 bits per heavy atom. The van der Waals surface area contributed by atoms with Crippen molar-refractivity contribution in [1.82, 2.24) is 4.72 Å². The Morgan fingerprint density at radius 3 is 2.21 bits per heavy atom. The van der Waals surface area contributed by atoms with Gasteiger partial charge in [-0.2, -0.15) is 0 Å². The molecule has 1 aromatic rings. The molecule has 0 bridgehead atoms. The lowest BCUT2D eigenvalue weighted by Gasteiger charge is -2.04. The van der Waals surface area contributed by atoms with Gasteiger partial charge >= 0.3 is 0 Å². The minimum Gasteiger partial charge on any atom is -0.207 e. The Kier molecular flexibility index (Phi) is 2.64. The average Bonchev–Trinajstić information content (AvgIpc) is 2.88. The molecule has 0 amide bonds. The maximum Gasteiger partial charge on any atom is 0.241 e. The van der Waals surface area contributed by atoms with Gasteiger partial charge in [-0.15, -0.1) is 0 Å². The van der Waals surface area contributed by atoms with Gasteiger partial charge in [0.2, 0.25) is 10.0 Å². The predicted molar refractivity (Wildman–Crippen MR) is 56.9 cm³/mol. The molecule has 1 fully saturated rings. The van der Waals surface area contributed by atoms with E-state index in [1.165, 1.54) is 0 Å². The van der Waals surface area contributed by atoms with Crippen molar-refractivity contribution in [2.24, 2.45) is 0 Å². The van der Waals surface area contributed by atoms with Crippen LogP contribution >= 0.6 is 15.9 Å². The van der Waals surface area contributed by atoms with Crippen molar-refractivity contribution in [3.05, 3.63) is 34.8 Å². The van der Waals surface area contributed by atoms with Gasteiger partial charge in [0.15, 0.2) is 0 Å². The van der Waals surface area contributed by atoms with Crippen LogP contribution < -0.4 is 4.72 Å². The van der Waals surface area contributed by atoms with Crippen LogP contribution in [0.25, 0.3) is 0 Å². The zero-order valence-electron chi connectivity index (χ0n) is 7.33. The molecule has 14 heavy (non-hydrogen) atoms. The van der Waals surface area contributed by atoms with Crippen molar-refractivity contribution in [2.75, 3.05) is 0 Å². The van der Waals surface area contributed by atoms with Crippen LogP contribution in [0, 0.1) is 6.04 Å². The van der Waals surface area contributed by atoms with Gasteiger partial charge in [0.1, 0.15) is 0 Å². The van der Waals surface area contributed by atoms with E-state index < -0.39 is 10.0 Å². The maximum atomic E-state index is 11.6. The van der Waals surface area contributed by atoms with E-state index in [9.17, 15) is 8.42 Å². The summed E-state index contributed by atoms with van der Waals surface area (Å²) in [5.74, 6) is 0. The van der Waals surface area contributed by atoms with E-state index in [1.807, 2.05) is 0 Å². The molecular weight excluding hydrogens is 266 g/mol. The van der Waals surface area contributed by atoms with Crippen LogP contribution in [0.2, 0.25) is 0 Å². The van der Waals surface area contributed by atoms with Gasteiger partial charge in [-0.3, -0.25) is 0 Å². The largest absolute Gasteiger partial charge is 0.241 e. The first-order valence-electron chi connectivity index (χ1n) is 4.21. The zero-order chi connectivity index (χ0) is 10.2. The fourth-order valence-corrected chi connectivity index (χ4v) is 2.49. The zero-order valence-corrected chi connectivity index (χ0v) is 9.73. The molecule has 3 nitrogen and oxygen atoms in total. The van der Waals surface area contributed by atoms with E-state index in [-0.39, 0.29) is 0 Å². The van der Waals surface area contributed by atoms with Crippen molar-refractivity contribution < 1.29 is 8.42 Å². The van der Waals surface area contributed by atoms with Gasteiger partial charge in [-0.25, -0.2) is 13.1 Å². The highest BCUT2D eigenvalue weighted by atomic mass is 79.9. The predicted octanol–water partition coefficient (Wildman–Crippen LogP) is 2.05. The number of benzene rings is 1. The van der Waals surface area contributed by atoms with Crippen molar-refractivity contribution >= 4 is 26.0 Å². The number of hydrogen-bond donors (Lipinski definition) is 1. The Labute approximate surface area is 91.7 Å². The minimum absolute atomic E-state index is 0.306. The summed E-state index contributed by atoms with van der Waals surface area (Å²) in [6.45, 7) is 0. The fourth-order valence-electron chi connectivity index (χ4n) is 1.03. The third-order valence-electron chi connectivity index (χ3n) is 1.90. The van der Waals surface area contributed by atoms with Crippen LogP contribution in [0.1, 0.15) is 12.8 Å². The third-order valence-corrected chi connectivity index (χ3v) is 3.88. The highest BCUT2D eigenvalue weighted by Crippen LogP contribution is 2.30. The molecule has 2 rings (SSSR count). The number of hydrogen-bond acceptors (Lipinski definition) is 2. The summed E-state index contributed by atoms with van der Waals surface area (Å²) < 4.78 is 26.7. The second-order valence-corrected chi connectivity index (χ2v) is 5.76. The lowest BCUT2D eigenvalue weighted by atomic mass is 10.4. The molecule has 0 atom stereocenters. The summed E-state index contributed by atoms with van der Waals surface area (Å²) in [5, 5.41) is 0.